The van der Waals surface area contributed by atoms with Crippen molar-refractivity contribution in [3.05, 3.63) is 77.4 Å². The molecule has 7 nitrogen and oxygen atoms in total. The molecule has 3 aromatic carbocycles. The van der Waals surface area contributed by atoms with Gasteiger partial charge in [-0.2, -0.15) is 12.6 Å². The van der Waals surface area contributed by atoms with Crippen LogP contribution in [0.15, 0.2) is 60.7 Å². The zero-order valence-corrected chi connectivity index (χ0v) is 23.1. The van der Waals surface area contributed by atoms with Crippen molar-refractivity contribution < 1.29 is 19.1 Å². The number of carbonyl (C=O) groups excluding carboxylic acids is 3. The highest BCUT2D eigenvalue weighted by molar-refractivity contribution is 7.80. The summed E-state index contributed by atoms with van der Waals surface area (Å²) in [5.41, 5.74) is 2.51. The van der Waals surface area contributed by atoms with E-state index in [4.69, 9.17) is 4.74 Å². The van der Waals surface area contributed by atoms with Gasteiger partial charge in [-0.25, -0.2) is 4.79 Å². The highest BCUT2D eigenvalue weighted by Gasteiger charge is 2.34. The van der Waals surface area contributed by atoms with Crippen molar-refractivity contribution in [1.29, 1.82) is 0 Å². The number of amides is 3. The third-order valence-corrected chi connectivity index (χ3v) is 6.48. The van der Waals surface area contributed by atoms with Gasteiger partial charge in [0.1, 0.15) is 17.7 Å². The van der Waals surface area contributed by atoms with Crippen molar-refractivity contribution in [3.8, 4) is 0 Å². The van der Waals surface area contributed by atoms with E-state index in [0.29, 0.717) is 11.3 Å². The Morgan fingerprint density at radius 2 is 1.65 bits per heavy atom. The molecule has 2 unspecified atom stereocenters. The van der Waals surface area contributed by atoms with Gasteiger partial charge in [0.05, 0.1) is 0 Å². The molecule has 0 saturated carbocycles. The second-order valence-corrected chi connectivity index (χ2v) is 10.4. The van der Waals surface area contributed by atoms with Crippen molar-refractivity contribution in [2.24, 2.45) is 0 Å². The summed E-state index contributed by atoms with van der Waals surface area (Å²) in [6.07, 6.45) is -0.725. The molecule has 3 rings (SSSR count). The summed E-state index contributed by atoms with van der Waals surface area (Å²) in [6, 6.07) is 17.3. The summed E-state index contributed by atoms with van der Waals surface area (Å²) in [5, 5.41) is 7.61. The van der Waals surface area contributed by atoms with Gasteiger partial charge in [-0.05, 0) is 74.2 Å². The lowest BCUT2D eigenvalue weighted by molar-refractivity contribution is -0.138. The molecule has 37 heavy (non-hydrogen) atoms. The predicted octanol–water partition coefficient (Wildman–Crippen LogP) is 5.42. The van der Waals surface area contributed by atoms with E-state index in [2.05, 4.69) is 23.3 Å². The Morgan fingerprint density at radius 3 is 2.30 bits per heavy atom. The standard InChI is InChI=1S/C29H35N3O4S/c1-18-10-9-13-23(19(18)2)25(26(33)30-22-15-14-20-11-7-8-12-21(20)16-22)32(6)27(34)24(17-37)31-28(35)36-29(3,4)5/h7-16,24-25,37H,17H2,1-6H3,(H,30,33)(H,31,35). The molecule has 0 spiro atoms. The maximum absolute atomic E-state index is 13.7. The largest absolute Gasteiger partial charge is 0.444 e. The fourth-order valence-corrected chi connectivity index (χ4v) is 4.33. The molecule has 0 aliphatic rings. The van der Waals surface area contributed by atoms with Gasteiger partial charge in [-0.1, -0.05) is 48.5 Å². The number of carbonyl (C=O) groups is 3. The summed E-state index contributed by atoms with van der Waals surface area (Å²) in [5.74, 6) is -0.788. The van der Waals surface area contributed by atoms with Gasteiger partial charge in [0.2, 0.25) is 5.91 Å². The first-order valence-electron chi connectivity index (χ1n) is 12.1. The van der Waals surface area contributed by atoms with Crippen molar-refractivity contribution in [3.63, 3.8) is 0 Å². The Balaban J connectivity index is 1.93. The molecule has 3 amide bonds. The maximum Gasteiger partial charge on any atom is 0.408 e. The van der Waals surface area contributed by atoms with E-state index in [-0.39, 0.29) is 11.7 Å². The summed E-state index contributed by atoms with van der Waals surface area (Å²) in [7, 11) is 1.56. The van der Waals surface area contributed by atoms with E-state index in [1.165, 1.54) is 4.90 Å². The van der Waals surface area contributed by atoms with Crippen LogP contribution in [0.4, 0.5) is 10.5 Å². The third kappa shape index (κ3) is 7.04. The van der Waals surface area contributed by atoms with Gasteiger partial charge in [-0.3, -0.25) is 9.59 Å². The average Bonchev–Trinajstić information content (AvgIpc) is 2.83. The number of likely N-dealkylation sites (N-methyl/N-ethyl adjacent to an activating group) is 1. The maximum atomic E-state index is 13.7. The molecule has 0 fully saturated rings. The Morgan fingerprint density at radius 1 is 0.973 bits per heavy atom. The Kier molecular flexibility index (Phi) is 8.86. The minimum Gasteiger partial charge on any atom is -0.444 e. The van der Waals surface area contributed by atoms with E-state index < -0.39 is 29.7 Å². The van der Waals surface area contributed by atoms with Gasteiger partial charge in [-0.15, -0.1) is 0 Å². The molecule has 3 aromatic rings. The van der Waals surface area contributed by atoms with Crippen molar-refractivity contribution in [2.75, 3.05) is 18.1 Å². The van der Waals surface area contributed by atoms with Crippen LogP contribution in [0.2, 0.25) is 0 Å². The number of anilines is 1. The van der Waals surface area contributed by atoms with Gasteiger partial charge in [0.25, 0.3) is 5.91 Å². The molecule has 0 aliphatic heterocycles. The Bertz CT molecular complexity index is 1300. The zero-order chi connectivity index (χ0) is 27.3. The SMILES string of the molecule is Cc1cccc(C(C(=O)Nc2ccc3ccccc3c2)N(C)C(=O)C(CS)NC(=O)OC(C)(C)C)c1C. The first-order valence-corrected chi connectivity index (χ1v) is 12.8. The van der Waals surface area contributed by atoms with Crippen LogP contribution in [0.5, 0.6) is 0 Å². The molecule has 8 heteroatoms. The summed E-state index contributed by atoms with van der Waals surface area (Å²) >= 11 is 4.28. The number of nitrogens with one attached hydrogen (secondary N) is 2. The lowest BCUT2D eigenvalue weighted by Crippen LogP contribution is -2.52. The van der Waals surface area contributed by atoms with Crippen molar-refractivity contribution >= 4 is 47.0 Å². The number of benzene rings is 3. The molecule has 0 saturated heterocycles. The summed E-state index contributed by atoms with van der Waals surface area (Å²) in [4.78, 5) is 41.0. The van der Waals surface area contributed by atoms with Crippen LogP contribution in [0.1, 0.15) is 43.5 Å². The van der Waals surface area contributed by atoms with Crippen LogP contribution in [0.25, 0.3) is 10.8 Å². The number of hydrogen-bond acceptors (Lipinski definition) is 5. The lowest BCUT2D eigenvalue weighted by Gasteiger charge is -2.32. The topological polar surface area (TPSA) is 87.7 Å². The molecule has 2 N–H and O–H groups in total. The molecule has 0 bridgehead atoms. The molecule has 0 aliphatic carbocycles. The predicted molar refractivity (Wildman–Crippen MR) is 151 cm³/mol. The van der Waals surface area contributed by atoms with Crippen LogP contribution in [-0.4, -0.2) is 47.3 Å². The quantitative estimate of drug-likeness (QED) is 0.363. The molecular weight excluding hydrogens is 486 g/mol. The minimum atomic E-state index is -0.982. The highest BCUT2D eigenvalue weighted by Crippen LogP contribution is 2.28. The number of alkyl carbamates (subject to hydrolysis) is 1. The van der Waals surface area contributed by atoms with Crippen LogP contribution in [-0.2, 0) is 14.3 Å². The first kappa shape index (κ1) is 28.1. The summed E-state index contributed by atoms with van der Waals surface area (Å²) in [6.45, 7) is 9.10. The van der Waals surface area contributed by atoms with Gasteiger partial charge in [0.15, 0.2) is 0 Å². The number of nitrogens with zero attached hydrogens (tertiary/aromatic N) is 1. The van der Waals surface area contributed by atoms with Crippen molar-refractivity contribution in [1.82, 2.24) is 10.2 Å². The van der Waals surface area contributed by atoms with Crippen LogP contribution in [0.3, 0.4) is 0 Å². The number of thiol groups is 1. The Labute approximate surface area is 224 Å². The number of ether oxygens (including phenoxy) is 1. The second kappa shape index (κ2) is 11.7. The fraction of sp³-hybridized carbons (Fsp3) is 0.345. The van der Waals surface area contributed by atoms with E-state index in [0.717, 1.165) is 21.9 Å². The minimum absolute atomic E-state index is 0.0359. The molecule has 0 aromatic heterocycles. The molecule has 2 atom stereocenters. The average molecular weight is 522 g/mol. The number of fused-ring (bicyclic) bond motifs is 1. The summed E-state index contributed by atoms with van der Waals surface area (Å²) < 4.78 is 5.31. The molecule has 0 radical (unpaired) electrons. The monoisotopic (exact) mass is 521 g/mol. The molecular formula is C29H35N3O4S. The normalized spacial score (nSPS) is 12.9. The molecule has 196 valence electrons. The van der Waals surface area contributed by atoms with Crippen LogP contribution < -0.4 is 10.6 Å². The highest BCUT2D eigenvalue weighted by atomic mass is 32.1. The van der Waals surface area contributed by atoms with Crippen LogP contribution >= 0.6 is 12.6 Å². The van der Waals surface area contributed by atoms with E-state index >= 15 is 0 Å². The van der Waals surface area contributed by atoms with Gasteiger partial charge >= 0.3 is 6.09 Å². The number of hydrogen-bond donors (Lipinski definition) is 3. The number of rotatable bonds is 7. The number of aryl methyl sites for hydroxylation is 1. The van der Waals surface area contributed by atoms with E-state index in [1.807, 2.05) is 74.5 Å². The van der Waals surface area contributed by atoms with E-state index in [1.54, 1.807) is 27.8 Å². The van der Waals surface area contributed by atoms with Crippen LogP contribution in [0, 0.1) is 13.8 Å². The van der Waals surface area contributed by atoms with E-state index in [9.17, 15) is 14.4 Å². The first-order chi connectivity index (χ1) is 17.4. The Hall–Kier alpha value is -3.52. The fourth-order valence-electron chi connectivity index (χ4n) is 4.08. The van der Waals surface area contributed by atoms with Gasteiger partial charge < -0.3 is 20.3 Å². The van der Waals surface area contributed by atoms with Gasteiger partial charge in [0, 0.05) is 18.5 Å². The lowest BCUT2D eigenvalue weighted by atomic mass is 9.95. The second-order valence-electron chi connectivity index (χ2n) is 10.1. The van der Waals surface area contributed by atoms with Crippen molar-refractivity contribution in [2.45, 2.75) is 52.3 Å². The smallest absolute Gasteiger partial charge is 0.408 e. The zero-order valence-electron chi connectivity index (χ0n) is 22.2. The third-order valence-electron chi connectivity index (χ3n) is 6.11. The molecule has 0 heterocycles.